The summed E-state index contributed by atoms with van der Waals surface area (Å²) in [6.07, 6.45) is 4.07. The van der Waals surface area contributed by atoms with E-state index in [2.05, 4.69) is 5.10 Å². The van der Waals surface area contributed by atoms with E-state index in [1.165, 1.54) is 0 Å². The molecule has 1 fully saturated rings. The summed E-state index contributed by atoms with van der Waals surface area (Å²) in [4.78, 5) is 0. The fourth-order valence-electron chi connectivity index (χ4n) is 2.79. The molecule has 0 bridgehead atoms. The lowest BCUT2D eigenvalue weighted by Gasteiger charge is -2.37. The summed E-state index contributed by atoms with van der Waals surface area (Å²) in [6, 6.07) is 11.7. The Morgan fingerprint density at radius 2 is 2.05 bits per heavy atom. The van der Waals surface area contributed by atoms with E-state index in [4.69, 9.17) is 4.74 Å². The van der Waals surface area contributed by atoms with Gasteiger partial charge < -0.3 is 9.84 Å². The Balaban J connectivity index is 1.93. The van der Waals surface area contributed by atoms with Crippen LogP contribution in [0.3, 0.4) is 0 Å². The van der Waals surface area contributed by atoms with E-state index in [0.717, 1.165) is 30.6 Å². The first-order valence-corrected chi connectivity index (χ1v) is 7.12. The average Bonchev–Trinajstić information content (AvgIpc) is 2.97. The van der Waals surface area contributed by atoms with Crippen molar-refractivity contribution in [3.8, 4) is 5.69 Å². The average molecular weight is 272 g/mol. The van der Waals surface area contributed by atoms with Crippen LogP contribution in [0.2, 0.25) is 0 Å². The van der Waals surface area contributed by atoms with Gasteiger partial charge in [-0.25, -0.2) is 4.68 Å². The van der Waals surface area contributed by atoms with Crippen LogP contribution in [0.15, 0.2) is 42.6 Å². The zero-order valence-corrected chi connectivity index (χ0v) is 11.7. The SMILES string of the molecule is CC1(C(O)c2ccnn2-c2ccccc2)CCCCO1. The van der Waals surface area contributed by atoms with Crippen LogP contribution in [0.1, 0.15) is 38.0 Å². The molecular weight excluding hydrogens is 252 g/mol. The van der Waals surface area contributed by atoms with Crippen LogP contribution < -0.4 is 0 Å². The van der Waals surface area contributed by atoms with E-state index >= 15 is 0 Å². The summed E-state index contributed by atoms with van der Waals surface area (Å²) in [7, 11) is 0. The minimum absolute atomic E-state index is 0.523. The van der Waals surface area contributed by atoms with Gasteiger partial charge in [0, 0.05) is 12.8 Å². The Labute approximate surface area is 119 Å². The summed E-state index contributed by atoms with van der Waals surface area (Å²) < 4.78 is 7.64. The number of aromatic nitrogens is 2. The number of para-hydroxylation sites is 1. The molecule has 0 aliphatic carbocycles. The molecule has 1 aliphatic heterocycles. The van der Waals surface area contributed by atoms with Gasteiger partial charge in [-0.3, -0.25) is 0 Å². The molecule has 2 heterocycles. The second kappa shape index (κ2) is 5.38. The Kier molecular flexibility index (Phi) is 3.59. The predicted molar refractivity (Wildman–Crippen MR) is 76.7 cm³/mol. The zero-order chi connectivity index (χ0) is 14.0. The van der Waals surface area contributed by atoms with Crippen molar-refractivity contribution < 1.29 is 9.84 Å². The number of hydrogen-bond acceptors (Lipinski definition) is 3. The largest absolute Gasteiger partial charge is 0.384 e. The van der Waals surface area contributed by atoms with E-state index in [-0.39, 0.29) is 0 Å². The highest BCUT2D eigenvalue weighted by atomic mass is 16.5. The van der Waals surface area contributed by atoms with Crippen LogP contribution in [0.25, 0.3) is 5.69 Å². The Morgan fingerprint density at radius 3 is 2.75 bits per heavy atom. The lowest BCUT2D eigenvalue weighted by molar-refractivity contribution is -0.140. The first kappa shape index (κ1) is 13.3. The maximum absolute atomic E-state index is 10.7. The van der Waals surface area contributed by atoms with Crippen molar-refractivity contribution in [3.63, 3.8) is 0 Å². The molecule has 3 rings (SSSR count). The van der Waals surface area contributed by atoms with Gasteiger partial charge >= 0.3 is 0 Å². The molecule has 0 amide bonds. The molecule has 1 N–H and O–H groups in total. The maximum atomic E-state index is 10.7. The van der Waals surface area contributed by atoms with Crippen LogP contribution in [-0.4, -0.2) is 27.1 Å². The summed E-state index contributed by atoms with van der Waals surface area (Å²) >= 11 is 0. The minimum atomic E-state index is -0.675. The lowest BCUT2D eigenvalue weighted by atomic mass is 9.88. The second-order valence-electron chi connectivity index (χ2n) is 5.52. The molecule has 0 radical (unpaired) electrons. The van der Waals surface area contributed by atoms with Crippen molar-refractivity contribution in [3.05, 3.63) is 48.3 Å². The van der Waals surface area contributed by atoms with Crippen molar-refractivity contribution in [2.24, 2.45) is 0 Å². The van der Waals surface area contributed by atoms with Gasteiger partial charge in [-0.2, -0.15) is 5.10 Å². The van der Waals surface area contributed by atoms with Gasteiger partial charge in [0.25, 0.3) is 0 Å². The number of nitrogens with zero attached hydrogens (tertiary/aromatic N) is 2. The molecule has 106 valence electrons. The third kappa shape index (κ3) is 2.37. The fourth-order valence-corrected chi connectivity index (χ4v) is 2.79. The van der Waals surface area contributed by atoms with E-state index in [1.54, 1.807) is 10.9 Å². The van der Waals surface area contributed by atoms with Crippen molar-refractivity contribution in [1.29, 1.82) is 0 Å². The molecule has 2 unspecified atom stereocenters. The molecule has 4 heteroatoms. The quantitative estimate of drug-likeness (QED) is 0.934. The monoisotopic (exact) mass is 272 g/mol. The summed E-state index contributed by atoms with van der Waals surface area (Å²) in [5.74, 6) is 0. The molecule has 1 aliphatic rings. The smallest absolute Gasteiger partial charge is 0.125 e. The zero-order valence-electron chi connectivity index (χ0n) is 11.7. The number of aliphatic hydroxyl groups excluding tert-OH is 1. The van der Waals surface area contributed by atoms with E-state index in [9.17, 15) is 5.11 Å². The van der Waals surface area contributed by atoms with E-state index in [0.29, 0.717) is 6.61 Å². The first-order chi connectivity index (χ1) is 9.71. The second-order valence-corrected chi connectivity index (χ2v) is 5.52. The van der Waals surface area contributed by atoms with Crippen molar-refractivity contribution in [1.82, 2.24) is 9.78 Å². The molecule has 1 saturated heterocycles. The van der Waals surface area contributed by atoms with Crippen LogP contribution in [0.4, 0.5) is 0 Å². The standard InChI is InChI=1S/C16H20N2O2/c1-16(10-5-6-12-20-16)15(19)14-9-11-17-18(14)13-7-3-2-4-8-13/h2-4,7-9,11,15,19H,5-6,10,12H2,1H3. The van der Waals surface area contributed by atoms with Crippen molar-refractivity contribution in [2.45, 2.75) is 37.9 Å². The van der Waals surface area contributed by atoms with Crippen molar-refractivity contribution >= 4 is 0 Å². The molecule has 2 atom stereocenters. The van der Waals surface area contributed by atoms with Gasteiger partial charge in [0.15, 0.2) is 0 Å². The molecular formula is C16H20N2O2. The van der Waals surface area contributed by atoms with Gasteiger partial charge in [-0.05, 0) is 44.4 Å². The van der Waals surface area contributed by atoms with Gasteiger partial charge in [-0.1, -0.05) is 18.2 Å². The number of benzene rings is 1. The number of hydrogen-bond donors (Lipinski definition) is 1. The third-order valence-corrected chi connectivity index (χ3v) is 4.03. The molecule has 1 aromatic heterocycles. The Bertz CT molecular complexity index is 559. The molecule has 0 saturated carbocycles. The molecule has 2 aromatic rings. The predicted octanol–water partition coefficient (Wildman–Crippen LogP) is 2.86. The molecule has 1 aromatic carbocycles. The number of rotatable bonds is 3. The summed E-state index contributed by atoms with van der Waals surface area (Å²) in [5, 5.41) is 15.1. The Morgan fingerprint density at radius 1 is 1.25 bits per heavy atom. The van der Waals surface area contributed by atoms with Gasteiger partial charge in [-0.15, -0.1) is 0 Å². The van der Waals surface area contributed by atoms with E-state index < -0.39 is 11.7 Å². The van der Waals surface area contributed by atoms with Crippen LogP contribution >= 0.6 is 0 Å². The third-order valence-electron chi connectivity index (χ3n) is 4.03. The highest BCUT2D eigenvalue weighted by Gasteiger charge is 2.38. The number of aliphatic hydroxyl groups is 1. The van der Waals surface area contributed by atoms with Crippen molar-refractivity contribution in [2.75, 3.05) is 6.61 Å². The van der Waals surface area contributed by atoms with Crippen LogP contribution in [-0.2, 0) is 4.74 Å². The molecule has 20 heavy (non-hydrogen) atoms. The van der Waals surface area contributed by atoms with Gasteiger partial charge in [0.2, 0.25) is 0 Å². The lowest BCUT2D eigenvalue weighted by Crippen LogP contribution is -2.40. The highest BCUT2D eigenvalue weighted by Crippen LogP contribution is 2.36. The molecule has 0 spiro atoms. The summed E-state index contributed by atoms with van der Waals surface area (Å²) in [5.41, 5.74) is 1.21. The van der Waals surface area contributed by atoms with Crippen LogP contribution in [0, 0.1) is 0 Å². The van der Waals surface area contributed by atoms with Gasteiger partial charge in [0.1, 0.15) is 6.10 Å². The normalized spacial score (nSPS) is 24.5. The van der Waals surface area contributed by atoms with E-state index in [1.807, 2.05) is 43.3 Å². The number of ether oxygens (including phenoxy) is 1. The van der Waals surface area contributed by atoms with Crippen LogP contribution in [0.5, 0.6) is 0 Å². The first-order valence-electron chi connectivity index (χ1n) is 7.12. The highest BCUT2D eigenvalue weighted by molar-refractivity contribution is 5.33. The summed E-state index contributed by atoms with van der Waals surface area (Å²) in [6.45, 7) is 2.70. The maximum Gasteiger partial charge on any atom is 0.125 e. The topological polar surface area (TPSA) is 47.3 Å². The van der Waals surface area contributed by atoms with Gasteiger partial charge in [0.05, 0.1) is 17.0 Å². The Hall–Kier alpha value is -1.65. The molecule has 4 nitrogen and oxygen atoms in total. The minimum Gasteiger partial charge on any atom is -0.384 e. The fraction of sp³-hybridized carbons (Fsp3) is 0.438.